The molecule has 0 saturated carbocycles. The van der Waals surface area contributed by atoms with Crippen LogP contribution in [0.5, 0.6) is 5.88 Å². The van der Waals surface area contributed by atoms with Gasteiger partial charge in [0.1, 0.15) is 11.3 Å². The summed E-state index contributed by atoms with van der Waals surface area (Å²) < 4.78 is 7.48. The molecule has 0 aromatic carbocycles. The van der Waals surface area contributed by atoms with E-state index in [4.69, 9.17) is 16.3 Å². The van der Waals surface area contributed by atoms with E-state index in [0.29, 0.717) is 17.8 Å². The van der Waals surface area contributed by atoms with Gasteiger partial charge in [-0.25, -0.2) is 4.98 Å². The summed E-state index contributed by atoms with van der Waals surface area (Å²) in [6.45, 7) is 4.44. The molecule has 0 aliphatic heterocycles. The average molecular weight is 310 g/mol. The quantitative estimate of drug-likeness (QED) is 0.663. The molecular weight excluding hydrogens is 286 g/mol. The molecule has 0 saturated heterocycles. The second kappa shape index (κ2) is 7.64. The lowest BCUT2D eigenvalue weighted by Crippen LogP contribution is -2.12. The standard InChI is InChI=1S/C16H24ClN3O/c1-4-6-8-12(7-5-2)20-14(11-17)18-13-9-10-15(21-3)19-16(13)20/h9-10,12H,4-8,11H2,1-3H3. The van der Waals surface area contributed by atoms with Gasteiger partial charge in [0, 0.05) is 12.1 Å². The number of nitrogens with zero attached hydrogens (tertiary/aromatic N) is 3. The minimum Gasteiger partial charge on any atom is -0.481 e. The fourth-order valence-electron chi connectivity index (χ4n) is 2.77. The van der Waals surface area contributed by atoms with Gasteiger partial charge < -0.3 is 9.30 Å². The van der Waals surface area contributed by atoms with Crippen LogP contribution in [-0.4, -0.2) is 21.6 Å². The molecule has 5 heteroatoms. The van der Waals surface area contributed by atoms with Crippen molar-refractivity contribution in [2.75, 3.05) is 7.11 Å². The van der Waals surface area contributed by atoms with Crippen LogP contribution in [0.2, 0.25) is 0 Å². The van der Waals surface area contributed by atoms with Crippen LogP contribution in [0.3, 0.4) is 0 Å². The Hall–Kier alpha value is -1.29. The summed E-state index contributed by atoms with van der Waals surface area (Å²) in [5, 5.41) is 0. The Labute approximate surface area is 131 Å². The predicted octanol–water partition coefficient (Wildman–Crippen LogP) is 4.71. The maximum absolute atomic E-state index is 6.11. The lowest BCUT2D eigenvalue weighted by atomic mass is 10.0. The Balaban J connectivity index is 2.50. The van der Waals surface area contributed by atoms with Gasteiger partial charge in [0.25, 0.3) is 0 Å². The summed E-state index contributed by atoms with van der Waals surface area (Å²) in [7, 11) is 1.64. The fourth-order valence-corrected chi connectivity index (χ4v) is 2.96. The number of pyridine rings is 1. The summed E-state index contributed by atoms with van der Waals surface area (Å²) in [5.74, 6) is 1.93. The van der Waals surface area contributed by atoms with Crippen LogP contribution in [0.25, 0.3) is 11.2 Å². The Morgan fingerprint density at radius 3 is 2.62 bits per heavy atom. The second-order valence-corrected chi connectivity index (χ2v) is 5.58. The Bertz CT molecular complexity index is 582. The number of alkyl halides is 1. The minimum absolute atomic E-state index is 0.408. The van der Waals surface area contributed by atoms with E-state index in [2.05, 4.69) is 28.4 Å². The summed E-state index contributed by atoms with van der Waals surface area (Å²) in [6, 6.07) is 4.21. The largest absolute Gasteiger partial charge is 0.481 e. The molecule has 0 aliphatic rings. The third kappa shape index (κ3) is 3.49. The molecule has 0 radical (unpaired) electrons. The number of methoxy groups -OCH3 is 1. The molecule has 0 spiro atoms. The zero-order valence-corrected chi connectivity index (χ0v) is 13.9. The normalized spacial score (nSPS) is 12.8. The van der Waals surface area contributed by atoms with E-state index in [0.717, 1.165) is 36.3 Å². The number of aromatic nitrogens is 3. The first-order valence-electron chi connectivity index (χ1n) is 7.72. The molecule has 1 unspecified atom stereocenters. The van der Waals surface area contributed by atoms with Crippen molar-refractivity contribution < 1.29 is 4.74 Å². The highest BCUT2D eigenvalue weighted by Crippen LogP contribution is 2.29. The van der Waals surface area contributed by atoms with Gasteiger partial charge in [0.15, 0.2) is 5.65 Å². The van der Waals surface area contributed by atoms with E-state index in [-0.39, 0.29) is 0 Å². The Morgan fingerprint density at radius 2 is 2.00 bits per heavy atom. The molecule has 116 valence electrons. The highest BCUT2D eigenvalue weighted by Gasteiger charge is 2.19. The summed E-state index contributed by atoms with van der Waals surface area (Å²) in [5.41, 5.74) is 1.78. The number of ether oxygens (including phenoxy) is 1. The third-order valence-electron chi connectivity index (χ3n) is 3.79. The summed E-state index contributed by atoms with van der Waals surface area (Å²) in [6.07, 6.45) is 5.79. The van der Waals surface area contributed by atoms with Crippen LogP contribution >= 0.6 is 11.6 Å². The van der Waals surface area contributed by atoms with Crippen molar-refractivity contribution in [3.63, 3.8) is 0 Å². The minimum atomic E-state index is 0.408. The van der Waals surface area contributed by atoms with Crippen molar-refractivity contribution >= 4 is 22.8 Å². The zero-order chi connectivity index (χ0) is 15.2. The molecule has 0 aliphatic carbocycles. The van der Waals surface area contributed by atoms with E-state index in [1.165, 1.54) is 12.8 Å². The average Bonchev–Trinajstić information content (AvgIpc) is 2.88. The van der Waals surface area contributed by atoms with Crippen molar-refractivity contribution in [1.29, 1.82) is 0 Å². The molecule has 0 fully saturated rings. The highest BCUT2D eigenvalue weighted by atomic mass is 35.5. The maximum atomic E-state index is 6.11. The van der Waals surface area contributed by atoms with Gasteiger partial charge in [0.2, 0.25) is 5.88 Å². The van der Waals surface area contributed by atoms with Gasteiger partial charge in [-0.15, -0.1) is 11.6 Å². The number of fused-ring (bicyclic) bond motifs is 1. The Kier molecular flexibility index (Phi) is 5.85. The summed E-state index contributed by atoms with van der Waals surface area (Å²) in [4.78, 5) is 9.22. The molecule has 21 heavy (non-hydrogen) atoms. The number of hydrogen-bond acceptors (Lipinski definition) is 3. The molecule has 0 amide bonds. The van der Waals surface area contributed by atoms with Crippen LogP contribution in [0.1, 0.15) is 57.8 Å². The Morgan fingerprint density at radius 1 is 1.19 bits per heavy atom. The summed E-state index contributed by atoms with van der Waals surface area (Å²) >= 11 is 6.11. The number of imidazole rings is 1. The van der Waals surface area contributed by atoms with Crippen LogP contribution in [-0.2, 0) is 5.88 Å². The lowest BCUT2D eigenvalue weighted by Gasteiger charge is -2.20. The lowest BCUT2D eigenvalue weighted by molar-refractivity contribution is 0.394. The number of unbranched alkanes of at least 4 members (excludes halogenated alkanes) is 1. The topological polar surface area (TPSA) is 39.9 Å². The molecule has 2 heterocycles. The molecular formula is C16H24ClN3O. The molecule has 2 rings (SSSR count). The van der Waals surface area contributed by atoms with E-state index in [1.54, 1.807) is 7.11 Å². The van der Waals surface area contributed by atoms with E-state index in [9.17, 15) is 0 Å². The molecule has 2 aromatic rings. The van der Waals surface area contributed by atoms with Crippen LogP contribution in [0.15, 0.2) is 12.1 Å². The van der Waals surface area contributed by atoms with Crippen molar-refractivity contribution in [2.45, 2.75) is 57.9 Å². The predicted molar refractivity (Wildman–Crippen MR) is 87.1 cm³/mol. The van der Waals surface area contributed by atoms with E-state index >= 15 is 0 Å². The molecule has 0 N–H and O–H groups in total. The number of rotatable bonds is 8. The van der Waals surface area contributed by atoms with Crippen molar-refractivity contribution in [3.8, 4) is 5.88 Å². The van der Waals surface area contributed by atoms with Gasteiger partial charge in [-0.1, -0.05) is 33.1 Å². The van der Waals surface area contributed by atoms with E-state index < -0.39 is 0 Å². The van der Waals surface area contributed by atoms with Crippen LogP contribution in [0, 0.1) is 0 Å². The fraction of sp³-hybridized carbons (Fsp3) is 0.625. The van der Waals surface area contributed by atoms with Gasteiger partial charge in [-0.2, -0.15) is 4.98 Å². The maximum Gasteiger partial charge on any atom is 0.215 e. The molecule has 1 atom stereocenters. The highest BCUT2D eigenvalue weighted by molar-refractivity contribution is 6.16. The van der Waals surface area contributed by atoms with Crippen molar-refractivity contribution in [1.82, 2.24) is 14.5 Å². The van der Waals surface area contributed by atoms with E-state index in [1.807, 2.05) is 12.1 Å². The number of halogens is 1. The van der Waals surface area contributed by atoms with Crippen molar-refractivity contribution in [2.24, 2.45) is 0 Å². The van der Waals surface area contributed by atoms with Gasteiger partial charge >= 0.3 is 0 Å². The molecule has 2 aromatic heterocycles. The van der Waals surface area contributed by atoms with Crippen LogP contribution in [0.4, 0.5) is 0 Å². The van der Waals surface area contributed by atoms with Crippen LogP contribution < -0.4 is 4.74 Å². The first kappa shape index (κ1) is 16.1. The second-order valence-electron chi connectivity index (χ2n) is 5.31. The molecule has 4 nitrogen and oxygen atoms in total. The van der Waals surface area contributed by atoms with Gasteiger partial charge in [0.05, 0.1) is 13.0 Å². The van der Waals surface area contributed by atoms with Gasteiger partial charge in [-0.05, 0) is 18.9 Å². The zero-order valence-electron chi connectivity index (χ0n) is 13.1. The van der Waals surface area contributed by atoms with Crippen molar-refractivity contribution in [3.05, 3.63) is 18.0 Å². The smallest absolute Gasteiger partial charge is 0.215 e. The number of hydrogen-bond donors (Lipinski definition) is 0. The monoisotopic (exact) mass is 309 g/mol. The SMILES string of the molecule is CCCCC(CCC)n1c(CCl)nc2ccc(OC)nc21. The first-order valence-corrected chi connectivity index (χ1v) is 8.26. The van der Waals surface area contributed by atoms with Gasteiger partial charge in [-0.3, -0.25) is 0 Å². The first-order chi connectivity index (χ1) is 10.2. The molecule has 0 bridgehead atoms. The third-order valence-corrected chi connectivity index (χ3v) is 4.03.